The third-order valence-corrected chi connectivity index (χ3v) is 3.46. The molecule has 0 saturated carbocycles. The van der Waals surface area contributed by atoms with Gasteiger partial charge in [-0.3, -0.25) is 9.59 Å². The lowest BCUT2D eigenvalue weighted by atomic mass is 10.00. The highest BCUT2D eigenvalue weighted by atomic mass is 79.9. The van der Waals surface area contributed by atoms with E-state index in [1.165, 1.54) is 6.07 Å². The Morgan fingerprint density at radius 2 is 2.06 bits per heavy atom. The largest absolute Gasteiger partial charge is 0.481 e. The van der Waals surface area contributed by atoms with Crippen LogP contribution in [0.15, 0.2) is 22.7 Å². The van der Waals surface area contributed by atoms with Crippen LogP contribution in [-0.2, 0) is 4.79 Å². The van der Waals surface area contributed by atoms with Gasteiger partial charge in [-0.2, -0.15) is 0 Å². The maximum Gasteiger partial charge on any atom is 0.305 e. The van der Waals surface area contributed by atoms with Gasteiger partial charge in [0.05, 0.1) is 11.4 Å². The van der Waals surface area contributed by atoms with E-state index in [1.54, 1.807) is 26.0 Å². The van der Waals surface area contributed by atoms with Crippen molar-refractivity contribution in [2.45, 2.75) is 25.8 Å². The number of aliphatic carboxylic acids is 1. The molecule has 1 amide bonds. The van der Waals surface area contributed by atoms with Gasteiger partial charge >= 0.3 is 5.97 Å². The minimum absolute atomic E-state index is 0.150. The fourth-order valence-corrected chi connectivity index (χ4v) is 1.87. The summed E-state index contributed by atoms with van der Waals surface area (Å²) in [5.41, 5.74) is -0.427. The van der Waals surface area contributed by atoms with Crippen LogP contribution in [0.25, 0.3) is 0 Å². The van der Waals surface area contributed by atoms with Crippen molar-refractivity contribution in [2.24, 2.45) is 0 Å². The van der Waals surface area contributed by atoms with Crippen LogP contribution >= 0.6 is 27.5 Å². The molecule has 0 atom stereocenters. The average molecular weight is 335 g/mol. The smallest absolute Gasteiger partial charge is 0.305 e. The summed E-state index contributed by atoms with van der Waals surface area (Å²) in [6.07, 6.45) is -0.150. The Bertz CT molecular complexity index is 488. The maximum absolute atomic E-state index is 11.9. The molecule has 2 N–H and O–H groups in total. The second-order valence-corrected chi connectivity index (χ2v) is 5.80. The maximum atomic E-state index is 11.9. The molecule has 0 aliphatic heterocycles. The zero-order chi connectivity index (χ0) is 13.9. The predicted molar refractivity (Wildman–Crippen MR) is 73.0 cm³/mol. The molecule has 0 aliphatic rings. The molecule has 1 aromatic carbocycles. The van der Waals surface area contributed by atoms with Gasteiger partial charge in [-0.15, -0.1) is 0 Å². The van der Waals surface area contributed by atoms with E-state index in [4.69, 9.17) is 16.7 Å². The lowest BCUT2D eigenvalue weighted by molar-refractivity contribution is -0.138. The summed E-state index contributed by atoms with van der Waals surface area (Å²) in [4.78, 5) is 22.6. The number of carboxylic acids is 1. The molecule has 0 heterocycles. The van der Waals surface area contributed by atoms with Crippen molar-refractivity contribution in [3.63, 3.8) is 0 Å². The van der Waals surface area contributed by atoms with Gasteiger partial charge in [0.2, 0.25) is 0 Å². The molecule has 0 radical (unpaired) electrons. The zero-order valence-corrected chi connectivity index (χ0v) is 12.3. The molecule has 6 heteroatoms. The van der Waals surface area contributed by atoms with Crippen molar-refractivity contribution in [2.75, 3.05) is 0 Å². The molecule has 18 heavy (non-hydrogen) atoms. The lowest BCUT2D eigenvalue weighted by Gasteiger charge is -2.24. The summed E-state index contributed by atoms with van der Waals surface area (Å²) in [6.45, 7) is 3.30. The van der Waals surface area contributed by atoms with E-state index in [0.717, 1.165) is 0 Å². The Labute approximate surface area is 118 Å². The van der Waals surface area contributed by atoms with Gasteiger partial charge in [0.25, 0.3) is 5.91 Å². The van der Waals surface area contributed by atoms with Gasteiger partial charge in [-0.25, -0.2) is 0 Å². The SMILES string of the molecule is CC(C)(CC(=O)O)NC(=O)c1ccc(Br)c(Cl)c1. The quantitative estimate of drug-likeness (QED) is 0.889. The summed E-state index contributed by atoms with van der Waals surface area (Å²) in [5, 5.41) is 11.8. The fourth-order valence-electron chi connectivity index (χ4n) is 1.44. The van der Waals surface area contributed by atoms with Crippen LogP contribution in [0.2, 0.25) is 5.02 Å². The minimum Gasteiger partial charge on any atom is -0.481 e. The Morgan fingerprint density at radius 3 is 2.56 bits per heavy atom. The van der Waals surface area contributed by atoms with Crippen molar-refractivity contribution in [3.8, 4) is 0 Å². The molecule has 0 aliphatic carbocycles. The highest BCUT2D eigenvalue weighted by molar-refractivity contribution is 9.10. The molecule has 0 spiro atoms. The minimum atomic E-state index is -0.964. The van der Waals surface area contributed by atoms with Gasteiger partial charge < -0.3 is 10.4 Å². The molecular weight excluding hydrogens is 321 g/mol. The van der Waals surface area contributed by atoms with E-state index < -0.39 is 11.5 Å². The first-order valence-electron chi connectivity index (χ1n) is 5.20. The highest BCUT2D eigenvalue weighted by Crippen LogP contribution is 2.23. The van der Waals surface area contributed by atoms with Crippen LogP contribution in [0.3, 0.4) is 0 Å². The Morgan fingerprint density at radius 1 is 1.44 bits per heavy atom. The second kappa shape index (κ2) is 5.71. The van der Waals surface area contributed by atoms with Crippen LogP contribution in [0, 0.1) is 0 Å². The molecule has 98 valence electrons. The summed E-state index contributed by atoms with van der Waals surface area (Å²) in [5.74, 6) is -1.32. The van der Waals surface area contributed by atoms with Gasteiger partial charge in [-0.1, -0.05) is 11.6 Å². The van der Waals surface area contributed by atoms with Crippen molar-refractivity contribution < 1.29 is 14.7 Å². The van der Waals surface area contributed by atoms with Crippen LogP contribution in [0.4, 0.5) is 0 Å². The Hall–Kier alpha value is -1.07. The number of amides is 1. The first-order valence-corrected chi connectivity index (χ1v) is 6.38. The molecule has 0 bridgehead atoms. The van der Waals surface area contributed by atoms with E-state index >= 15 is 0 Å². The average Bonchev–Trinajstić information content (AvgIpc) is 2.19. The third kappa shape index (κ3) is 4.31. The number of hydrogen-bond donors (Lipinski definition) is 2. The normalized spacial score (nSPS) is 11.1. The monoisotopic (exact) mass is 333 g/mol. The third-order valence-electron chi connectivity index (χ3n) is 2.23. The van der Waals surface area contributed by atoms with E-state index in [-0.39, 0.29) is 12.3 Å². The topological polar surface area (TPSA) is 66.4 Å². The van der Waals surface area contributed by atoms with Crippen LogP contribution in [0.5, 0.6) is 0 Å². The predicted octanol–water partition coefficient (Wildman–Crippen LogP) is 3.09. The molecule has 0 aromatic heterocycles. The van der Waals surface area contributed by atoms with E-state index in [1.807, 2.05) is 0 Å². The summed E-state index contributed by atoms with van der Waals surface area (Å²) in [7, 11) is 0. The van der Waals surface area contributed by atoms with Crippen molar-refractivity contribution in [3.05, 3.63) is 33.3 Å². The number of rotatable bonds is 4. The second-order valence-electron chi connectivity index (χ2n) is 4.54. The van der Waals surface area contributed by atoms with Crippen molar-refractivity contribution in [1.82, 2.24) is 5.32 Å². The first-order chi connectivity index (χ1) is 8.21. The van der Waals surface area contributed by atoms with Crippen LogP contribution in [0.1, 0.15) is 30.6 Å². The number of hydrogen-bond acceptors (Lipinski definition) is 2. The number of nitrogens with one attached hydrogen (secondary N) is 1. The summed E-state index contributed by atoms with van der Waals surface area (Å²) >= 11 is 9.12. The Balaban J connectivity index is 2.82. The number of halogens is 2. The van der Waals surface area contributed by atoms with Crippen LogP contribution in [-0.4, -0.2) is 22.5 Å². The first kappa shape index (κ1) is 15.0. The fraction of sp³-hybridized carbons (Fsp3) is 0.333. The molecule has 0 unspecified atom stereocenters. The lowest BCUT2D eigenvalue weighted by Crippen LogP contribution is -2.44. The highest BCUT2D eigenvalue weighted by Gasteiger charge is 2.24. The Kier molecular flexibility index (Phi) is 4.76. The van der Waals surface area contributed by atoms with Crippen LogP contribution < -0.4 is 5.32 Å². The molecule has 0 saturated heterocycles. The zero-order valence-electron chi connectivity index (χ0n) is 9.96. The van der Waals surface area contributed by atoms with Gasteiger partial charge in [-0.05, 0) is 48.0 Å². The van der Waals surface area contributed by atoms with Crippen molar-refractivity contribution >= 4 is 39.4 Å². The van der Waals surface area contributed by atoms with Gasteiger partial charge in [0, 0.05) is 15.6 Å². The van der Waals surface area contributed by atoms with E-state index in [9.17, 15) is 9.59 Å². The van der Waals surface area contributed by atoms with E-state index in [0.29, 0.717) is 15.1 Å². The molecule has 1 aromatic rings. The summed E-state index contributed by atoms with van der Waals surface area (Å²) < 4.78 is 0.700. The molecule has 1 rings (SSSR count). The van der Waals surface area contributed by atoms with Crippen molar-refractivity contribution in [1.29, 1.82) is 0 Å². The van der Waals surface area contributed by atoms with Gasteiger partial charge in [0.1, 0.15) is 0 Å². The number of carbonyl (C=O) groups excluding carboxylic acids is 1. The summed E-state index contributed by atoms with van der Waals surface area (Å²) in [6, 6.07) is 4.81. The number of benzene rings is 1. The van der Waals surface area contributed by atoms with E-state index in [2.05, 4.69) is 21.2 Å². The number of carboxylic acid groups (broad SMARTS) is 1. The molecule has 4 nitrogen and oxygen atoms in total. The molecule has 0 fully saturated rings. The standard InChI is InChI=1S/C12H13BrClNO3/c1-12(2,6-10(16)17)15-11(18)7-3-4-8(13)9(14)5-7/h3-5H,6H2,1-2H3,(H,15,18)(H,16,17). The molecular formula is C12H13BrClNO3. The number of carbonyl (C=O) groups is 2. The van der Waals surface area contributed by atoms with Gasteiger partial charge in [0.15, 0.2) is 0 Å².